The summed E-state index contributed by atoms with van der Waals surface area (Å²) in [5, 5.41) is 1.95. The molecule has 3 amide bonds. The van der Waals surface area contributed by atoms with Crippen LogP contribution in [-0.2, 0) is 22.4 Å². The average Bonchev–Trinajstić information content (AvgIpc) is 2.84. The van der Waals surface area contributed by atoms with E-state index in [1.165, 1.54) is 23.8 Å². The van der Waals surface area contributed by atoms with Crippen molar-refractivity contribution in [3.05, 3.63) is 21.4 Å². The summed E-state index contributed by atoms with van der Waals surface area (Å²) in [5.41, 5.74) is 7.43. The number of fused-ring (bicyclic) bond motifs is 1. The fraction of sp³-hybridized carbons (Fsp3) is 0.588. The van der Waals surface area contributed by atoms with Crippen LogP contribution in [0.15, 0.2) is 5.38 Å². The summed E-state index contributed by atoms with van der Waals surface area (Å²) >= 11 is 1.66. The van der Waals surface area contributed by atoms with Crippen LogP contribution in [0.4, 0.5) is 0 Å². The first-order chi connectivity index (χ1) is 11.5. The van der Waals surface area contributed by atoms with Crippen molar-refractivity contribution in [2.24, 2.45) is 11.7 Å². The third-order valence-corrected chi connectivity index (χ3v) is 6.04. The molecule has 0 bridgehead atoms. The number of nitrogens with zero attached hydrogens (tertiary/aromatic N) is 2. The Balaban J connectivity index is 1.82. The first kappa shape index (κ1) is 17.0. The Morgan fingerprint density at radius 2 is 1.79 bits per heavy atom. The topological polar surface area (TPSA) is 83.7 Å². The van der Waals surface area contributed by atoms with Gasteiger partial charge in [-0.2, -0.15) is 0 Å². The van der Waals surface area contributed by atoms with Gasteiger partial charge in [-0.25, -0.2) is 0 Å². The first-order valence-electron chi connectivity index (χ1n) is 8.40. The van der Waals surface area contributed by atoms with Crippen LogP contribution in [0.5, 0.6) is 0 Å². The summed E-state index contributed by atoms with van der Waals surface area (Å²) in [4.78, 5) is 41.0. The van der Waals surface area contributed by atoms with Crippen molar-refractivity contribution in [1.82, 2.24) is 9.80 Å². The standard InChI is InChI=1S/C17H23N3O3S/c1-11(21)19-6-7-20(9-12(8-19)16(18)22)17(23)14-10-24-15-5-3-2-4-13(14)15/h10,12H,2-9H2,1H3,(H2,18,22). The smallest absolute Gasteiger partial charge is 0.255 e. The SMILES string of the molecule is CC(=O)N1CCN(C(=O)c2csc3c2CCCC3)CC(C(N)=O)C1. The molecule has 6 nitrogen and oxygen atoms in total. The zero-order valence-electron chi connectivity index (χ0n) is 13.9. The zero-order valence-corrected chi connectivity index (χ0v) is 14.7. The van der Waals surface area contributed by atoms with Gasteiger partial charge in [0.2, 0.25) is 11.8 Å². The normalized spacial score (nSPS) is 21.1. The zero-order chi connectivity index (χ0) is 17.3. The molecule has 3 rings (SSSR count). The highest BCUT2D eigenvalue weighted by Gasteiger charge is 2.32. The lowest BCUT2D eigenvalue weighted by molar-refractivity contribution is -0.130. The van der Waals surface area contributed by atoms with Crippen LogP contribution in [0.25, 0.3) is 0 Å². The summed E-state index contributed by atoms with van der Waals surface area (Å²) < 4.78 is 0. The van der Waals surface area contributed by atoms with Gasteiger partial charge >= 0.3 is 0 Å². The van der Waals surface area contributed by atoms with E-state index in [9.17, 15) is 14.4 Å². The summed E-state index contributed by atoms with van der Waals surface area (Å²) in [5.74, 6) is -1.11. The molecular formula is C17H23N3O3S. The second-order valence-electron chi connectivity index (χ2n) is 6.57. The highest BCUT2D eigenvalue weighted by molar-refractivity contribution is 7.10. The van der Waals surface area contributed by atoms with E-state index in [0.717, 1.165) is 24.8 Å². The van der Waals surface area contributed by atoms with E-state index in [1.54, 1.807) is 21.1 Å². The van der Waals surface area contributed by atoms with Crippen LogP contribution in [-0.4, -0.2) is 53.7 Å². The molecule has 1 atom stereocenters. The molecule has 1 saturated heterocycles. The highest BCUT2D eigenvalue weighted by atomic mass is 32.1. The maximum Gasteiger partial charge on any atom is 0.255 e. The lowest BCUT2D eigenvalue weighted by atomic mass is 9.95. The van der Waals surface area contributed by atoms with Crippen LogP contribution < -0.4 is 5.73 Å². The van der Waals surface area contributed by atoms with Crippen molar-refractivity contribution in [3.8, 4) is 0 Å². The van der Waals surface area contributed by atoms with Gasteiger partial charge in [0.1, 0.15) is 0 Å². The predicted molar refractivity (Wildman–Crippen MR) is 91.8 cm³/mol. The Morgan fingerprint density at radius 3 is 2.50 bits per heavy atom. The van der Waals surface area contributed by atoms with Gasteiger partial charge in [-0.3, -0.25) is 14.4 Å². The number of rotatable bonds is 2. The van der Waals surface area contributed by atoms with E-state index >= 15 is 0 Å². The van der Waals surface area contributed by atoms with E-state index in [4.69, 9.17) is 5.73 Å². The van der Waals surface area contributed by atoms with Crippen LogP contribution >= 0.6 is 11.3 Å². The lowest BCUT2D eigenvalue weighted by Gasteiger charge is -2.23. The fourth-order valence-electron chi connectivity index (χ4n) is 3.51. The Morgan fingerprint density at radius 1 is 1.12 bits per heavy atom. The molecule has 0 radical (unpaired) electrons. The number of aryl methyl sites for hydroxylation is 1. The van der Waals surface area contributed by atoms with E-state index in [0.29, 0.717) is 13.1 Å². The number of thiophene rings is 1. The maximum atomic E-state index is 13.0. The maximum absolute atomic E-state index is 13.0. The number of amides is 3. The molecule has 130 valence electrons. The number of hydrogen-bond acceptors (Lipinski definition) is 4. The van der Waals surface area contributed by atoms with Gasteiger partial charge in [-0.1, -0.05) is 0 Å². The van der Waals surface area contributed by atoms with Gasteiger partial charge in [0.15, 0.2) is 0 Å². The van der Waals surface area contributed by atoms with Gasteiger partial charge in [0.25, 0.3) is 5.91 Å². The second-order valence-corrected chi connectivity index (χ2v) is 7.54. The number of carbonyl (C=O) groups is 3. The minimum Gasteiger partial charge on any atom is -0.369 e. The minimum atomic E-state index is -0.519. The van der Waals surface area contributed by atoms with Crippen LogP contribution in [0.2, 0.25) is 0 Å². The molecule has 2 N–H and O–H groups in total. The van der Waals surface area contributed by atoms with E-state index in [1.807, 2.05) is 5.38 Å². The number of hydrogen-bond donors (Lipinski definition) is 1. The number of nitrogens with two attached hydrogens (primary N) is 1. The molecule has 24 heavy (non-hydrogen) atoms. The molecule has 2 aliphatic rings. The van der Waals surface area contributed by atoms with Gasteiger partial charge in [-0.05, 0) is 31.2 Å². The third kappa shape index (κ3) is 3.31. The summed E-state index contributed by atoms with van der Waals surface area (Å²) in [6.07, 6.45) is 4.30. The van der Waals surface area contributed by atoms with Crippen molar-refractivity contribution >= 4 is 29.1 Å². The van der Waals surface area contributed by atoms with Crippen LogP contribution in [0.3, 0.4) is 0 Å². The number of primary amides is 1. The summed E-state index contributed by atoms with van der Waals surface area (Å²) in [6.45, 7) is 2.92. The number of carbonyl (C=O) groups excluding carboxylic acids is 3. The molecule has 1 aromatic heterocycles. The highest BCUT2D eigenvalue weighted by Crippen LogP contribution is 2.31. The average molecular weight is 349 g/mol. The quantitative estimate of drug-likeness (QED) is 0.866. The molecular weight excluding hydrogens is 326 g/mol. The molecule has 7 heteroatoms. The lowest BCUT2D eigenvalue weighted by Crippen LogP contribution is -2.41. The predicted octanol–water partition coefficient (Wildman–Crippen LogP) is 1.03. The van der Waals surface area contributed by atoms with Crippen molar-refractivity contribution < 1.29 is 14.4 Å². The fourth-order valence-corrected chi connectivity index (χ4v) is 4.63. The van der Waals surface area contributed by atoms with Gasteiger partial charge in [0, 0.05) is 43.4 Å². The Bertz CT molecular complexity index is 670. The summed E-state index contributed by atoms with van der Waals surface area (Å²) in [7, 11) is 0. The molecule has 1 aliphatic heterocycles. The molecule has 0 aromatic carbocycles. The minimum absolute atomic E-state index is 0.0361. The molecule has 2 heterocycles. The molecule has 1 aliphatic carbocycles. The van der Waals surface area contributed by atoms with Crippen molar-refractivity contribution in [1.29, 1.82) is 0 Å². The van der Waals surface area contributed by atoms with E-state index in [2.05, 4.69) is 0 Å². The molecule has 0 spiro atoms. The van der Waals surface area contributed by atoms with Gasteiger partial charge < -0.3 is 15.5 Å². The summed E-state index contributed by atoms with van der Waals surface area (Å²) in [6, 6.07) is 0. The third-order valence-electron chi connectivity index (χ3n) is 4.95. The largest absolute Gasteiger partial charge is 0.369 e. The van der Waals surface area contributed by atoms with Gasteiger partial charge in [0.05, 0.1) is 11.5 Å². The van der Waals surface area contributed by atoms with Crippen LogP contribution in [0.1, 0.15) is 40.6 Å². The Hall–Kier alpha value is -1.89. The van der Waals surface area contributed by atoms with Crippen molar-refractivity contribution in [2.45, 2.75) is 32.6 Å². The molecule has 1 unspecified atom stereocenters. The van der Waals surface area contributed by atoms with Crippen molar-refractivity contribution in [3.63, 3.8) is 0 Å². The monoisotopic (exact) mass is 349 g/mol. The molecule has 0 saturated carbocycles. The van der Waals surface area contributed by atoms with Crippen molar-refractivity contribution in [2.75, 3.05) is 26.2 Å². The molecule has 1 aromatic rings. The van der Waals surface area contributed by atoms with Crippen LogP contribution in [0, 0.1) is 5.92 Å². The first-order valence-corrected chi connectivity index (χ1v) is 9.28. The van der Waals surface area contributed by atoms with E-state index in [-0.39, 0.29) is 24.9 Å². The Kier molecular flexibility index (Phi) is 4.89. The van der Waals surface area contributed by atoms with E-state index < -0.39 is 11.8 Å². The second kappa shape index (κ2) is 6.93. The Labute approximate surface area is 145 Å². The molecule has 1 fully saturated rings. The van der Waals surface area contributed by atoms with Gasteiger partial charge in [-0.15, -0.1) is 11.3 Å².